The summed E-state index contributed by atoms with van der Waals surface area (Å²) < 4.78 is 25.8. The highest BCUT2D eigenvalue weighted by molar-refractivity contribution is 7.93. The molecule has 1 saturated carbocycles. The normalized spacial score (nSPS) is 22.0. The first kappa shape index (κ1) is 20.8. The highest BCUT2D eigenvalue weighted by Crippen LogP contribution is 2.42. The van der Waals surface area contributed by atoms with Crippen molar-refractivity contribution in [3.8, 4) is 11.1 Å². The number of rotatable bonds is 3. The van der Waals surface area contributed by atoms with Crippen LogP contribution in [0, 0.1) is 5.92 Å². The van der Waals surface area contributed by atoms with E-state index in [1.807, 2.05) is 31.2 Å². The summed E-state index contributed by atoms with van der Waals surface area (Å²) in [4.78, 5) is 27.9. The SMILES string of the molecule is C[C@H]1CN(C(=O)O)c2cc(-c3ccc(N4CCCS4(=O)=O)cc3)ccc2N1C(=O)C1CC1. The number of benzene rings is 2. The highest BCUT2D eigenvalue weighted by atomic mass is 32.2. The summed E-state index contributed by atoms with van der Waals surface area (Å²) >= 11 is 0. The van der Waals surface area contributed by atoms with Gasteiger partial charge in [0.05, 0.1) is 28.9 Å². The minimum absolute atomic E-state index is 0.0377. The molecule has 1 atom stereocenters. The molecule has 2 aromatic rings. The third-order valence-electron chi connectivity index (χ3n) is 6.40. The first-order valence-electron chi connectivity index (χ1n) is 10.8. The molecule has 1 N–H and O–H groups in total. The Morgan fingerprint density at radius 3 is 2.28 bits per heavy atom. The lowest BCUT2D eigenvalue weighted by molar-refractivity contribution is -0.120. The van der Waals surface area contributed by atoms with Crippen molar-refractivity contribution >= 4 is 39.1 Å². The molecule has 9 heteroatoms. The Kier molecular flexibility index (Phi) is 4.88. The number of anilines is 3. The van der Waals surface area contributed by atoms with Crippen molar-refractivity contribution in [1.29, 1.82) is 0 Å². The van der Waals surface area contributed by atoms with Gasteiger partial charge >= 0.3 is 6.09 Å². The van der Waals surface area contributed by atoms with Gasteiger partial charge in [-0.3, -0.25) is 14.0 Å². The van der Waals surface area contributed by atoms with E-state index in [0.29, 0.717) is 30.0 Å². The lowest BCUT2D eigenvalue weighted by Gasteiger charge is -2.40. The van der Waals surface area contributed by atoms with E-state index < -0.39 is 16.1 Å². The number of amides is 2. The minimum atomic E-state index is -3.24. The number of fused-ring (bicyclic) bond motifs is 1. The van der Waals surface area contributed by atoms with Crippen molar-refractivity contribution in [3.63, 3.8) is 0 Å². The maximum atomic E-state index is 12.9. The fraction of sp³-hybridized carbons (Fsp3) is 0.391. The van der Waals surface area contributed by atoms with Gasteiger partial charge in [-0.1, -0.05) is 18.2 Å². The molecule has 2 amide bonds. The van der Waals surface area contributed by atoms with Gasteiger partial charge in [0, 0.05) is 19.0 Å². The number of nitrogens with zero attached hydrogens (tertiary/aromatic N) is 3. The van der Waals surface area contributed by atoms with Gasteiger partial charge in [0.2, 0.25) is 15.9 Å². The van der Waals surface area contributed by atoms with Gasteiger partial charge in [-0.15, -0.1) is 0 Å². The summed E-state index contributed by atoms with van der Waals surface area (Å²) in [5.41, 5.74) is 3.39. The summed E-state index contributed by atoms with van der Waals surface area (Å²) in [6.07, 6.45) is 1.34. The predicted octanol–water partition coefficient (Wildman–Crippen LogP) is 3.52. The topological polar surface area (TPSA) is 98.2 Å². The zero-order chi connectivity index (χ0) is 22.6. The summed E-state index contributed by atoms with van der Waals surface area (Å²) in [5.74, 6) is 0.266. The first-order chi connectivity index (χ1) is 15.3. The molecule has 0 aromatic heterocycles. The standard InChI is InChI=1S/C23H25N3O5S/c1-15-14-24(23(28)29)21-13-18(7-10-20(21)26(15)22(27)17-3-4-17)16-5-8-19(9-6-16)25-11-2-12-32(25,30)31/h5-10,13,15,17H,2-4,11-12,14H2,1H3,(H,28,29)/t15-/m0/s1. The van der Waals surface area contributed by atoms with Gasteiger partial charge in [-0.25, -0.2) is 13.2 Å². The number of carboxylic acid groups (broad SMARTS) is 1. The van der Waals surface area contributed by atoms with Crippen molar-refractivity contribution < 1.29 is 23.1 Å². The number of carbonyl (C=O) groups is 2. The van der Waals surface area contributed by atoms with Crippen molar-refractivity contribution in [2.24, 2.45) is 5.92 Å². The Morgan fingerprint density at radius 1 is 1.00 bits per heavy atom. The monoisotopic (exact) mass is 455 g/mol. The number of hydrogen-bond acceptors (Lipinski definition) is 4. The molecule has 32 heavy (non-hydrogen) atoms. The molecule has 0 radical (unpaired) electrons. The lowest BCUT2D eigenvalue weighted by atomic mass is 10.00. The fourth-order valence-corrected chi connectivity index (χ4v) is 6.16. The molecule has 1 saturated heterocycles. The third-order valence-corrected chi connectivity index (χ3v) is 8.27. The zero-order valence-electron chi connectivity index (χ0n) is 17.8. The van der Waals surface area contributed by atoms with E-state index in [9.17, 15) is 23.1 Å². The molecule has 0 spiro atoms. The van der Waals surface area contributed by atoms with Gasteiger partial charge in [-0.2, -0.15) is 0 Å². The van der Waals surface area contributed by atoms with Gasteiger partial charge < -0.3 is 10.0 Å². The Hall–Kier alpha value is -3.07. The molecular formula is C23H25N3O5S. The van der Waals surface area contributed by atoms with Crippen LogP contribution in [0.3, 0.4) is 0 Å². The van der Waals surface area contributed by atoms with E-state index >= 15 is 0 Å². The Morgan fingerprint density at radius 2 is 1.69 bits per heavy atom. The van der Waals surface area contributed by atoms with Crippen LogP contribution in [0.15, 0.2) is 42.5 Å². The van der Waals surface area contributed by atoms with Gasteiger partial charge in [0.15, 0.2) is 0 Å². The van der Waals surface area contributed by atoms with Gasteiger partial charge in [0.25, 0.3) is 0 Å². The molecule has 2 fully saturated rings. The average Bonchev–Trinajstić information content (AvgIpc) is 3.55. The van der Waals surface area contributed by atoms with E-state index in [1.54, 1.807) is 23.1 Å². The molecular weight excluding hydrogens is 430 g/mol. The second kappa shape index (κ2) is 7.51. The van der Waals surface area contributed by atoms with Crippen LogP contribution < -0.4 is 14.1 Å². The maximum absolute atomic E-state index is 12.9. The van der Waals surface area contributed by atoms with Crippen molar-refractivity contribution in [3.05, 3.63) is 42.5 Å². The summed E-state index contributed by atoms with van der Waals surface area (Å²) in [6, 6.07) is 12.5. The average molecular weight is 456 g/mol. The molecule has 2 aliphatic heterocycles. The lowest BCUT2D eigenvalue weighted by Crippen LogP contribution is -2.52. The van der Waals surface area contributed by atoms with E-state index in [4.69, 9.17) is 0 Å². The minimum Gasteiger partial charge on any atom is -0.465 e. The Labute approximate surface area is 187 Å². The fourth-order valence-electron chi connectivity index (χ4n) is 4.60. The molecule has 5 rings (SSSR count). The van der Waals surface area contributed by atoms with Gasteiger partial charge in [0.1, 0.15) is 0 Å². The molecule has 8 nitrogen and oxygen atoms in total. The molecule has 0 bridgehead atoms. The van der Waals surface area contributed by atoms with E-state index in [2.05, 4.69) is 0 Å². The zero-order valence-corrected chi connectivity index (χ0v) is 18.6. The van der Waals surface area contributed by atoms with Crippen LogP contribution in [0.1, 0.15) is 26.2 Å². The van der Waals surface area contributed by atoms with Crippen LogP contribution in [-0.2, 0) is 14.8 Å². The maximum Gasteiger partial charge on any atom is 0.411 e. The molecule has 0 unspecified atom stereocenters. The first-order valence-corrected chi connectivity index (χ1v) is 12.5. The molecule has 1 aliphatic carbocycles. The van der Waals surface area contributed by atoms with Crippen molar-refractivity contribution in [1.82, 2.24) is 0 Å². The molecule has 3 aliphatic rings. The van der Waals surface area contributed by atoms with Crippen molar-refractivity contribution in [2.75, 3.05) is 32.9 Å². The predicted molar refractivity (Wildman–Crippen MR) is 123 cm³/mol. The van der Waals surface area contributed by atoms with Crippen LogP contribution in [-0.4, -0.2) is 50.4 Å². The third kappa shape index (κ3) is 3.50. The second-order valence-electron chi connectivity index (χ2n) is 8.72. The molecule has 2 heterocycles. The second-order valence-corrected chi connectivity index (χ2v) is 10.7. The van der Waals surface area contributed by atoms with Crippen molar-refractivity contribution in [2.45, 2.75) is 32.2 Å². The number of hydrogen-bond donors (Lipinski definition) is 1. The quantitative estimate of drug-likeness (QED) is 0.764. The van der Waals surface area contributed by atoms with E-state index in [-0.39, 0.29) is 30.2 Å². The van der Waals surface area contributed by atoms with Crippen LogP contribution in [0.2, 0.25) is 0 Å². The summed E-state index contributed by atoms with van der Waals surface area (Å²) in [7, 11) is -3.24. The van der Waals surface area contributed by atoms with Crippen LogP contribution in [0.5, 0.6) is 0 Å². The molecule has 2 aromatic carbocycles. The van der Waals surface area contributed by atoms with Crippen LogP contribution in [0.4, 0.5) is 21.9 Å². The van der Waals surface area contributed by atoms with Crippen LogP contribution in [0.25, 0.3) is 11.1 Å². The van der Waals surface area contributed by atoms with E-state index in [1.165, 1.54) is 9.21 Å². The van der Waals surface area contributed by atoms with Gasteiger partial charge in [-0.05, 0) is 61.6 Å². The Bertz CT molecular complexity index is 1190. The largest absolute Gasteiger partial charge is 0.465 e. The van der Waals surface area contributed by atoms with E-state index in [0.717, 1.165) is 24.0 Å². The number of sulfonamides is 1. The molecule has 168 valence electrons. The summed E-state index contributed by atoms with van der Waals surface area (Å²) in [6.45, 7) is 2.57. The van der Waals surface area contributed by atoms with Crippen LogP contribution >= 0.6 is 0 Å². The highest BCUT2D eigenvalue weighted by Gasteiger charge is 2.41. The smallest absolute Gasteiger partial charge is 0.411 e. The summed E-state index contributed by atoms with van der Waals surface area (Å²) in [5, 5.41) is 9.78. The number of carbonyl (C=O) groups excluding carboxylic acids is 1. The Balaban J connectivity index is 1.51.